The number of nitrogens with zero attached hydrogens (tertiary/aromatic N) is 1. The maximum absolute atomic E-state index is 12.4. The van der Waals surface area contributed by atoms with Crippen molar-refractivity contribution in [3.63, 3.8) is 0 Å². The van der Waals surface area contributed by atoms with E-state index in [0.29, 0.717) is 22.4 Å². The maximum atomic E-state index is 12.4. The van der Waals surface area contributed by atoms with Crippen LogP contribution in [0, 0.1) is 0 Å². The lowest BCUT2D eigenvalue weighted by Crippen LogP contribution is -2.11. The van der Waals surface area contributed by atoms with E-state index in [1.807, 2.05) is 36.0 Å². The van der Waals surface area contributed by atoms with Crippen LogP contribution in [0.25, 0.3) is 22.0 Å². The van der Waals surface area contributed by atoms with Crippen LogP contribution in [0.1, 0.15) is 10.4 Å². The number of hydrogen-bond acceptors (Lipinski definition) is 3. The Hall–Kier alpha value is -3.28. The van der Waals surface area contributed by atoms with Gasteiger partial charge in [0.2, 0.25) is 0 Å². The van der Waals surface area contributed by atoms with Crippen molar-refractivity contribution < 1.29 is 9.21 Å². The van der Waals surface area contributed by atoms with Gasteiger partial charge < -0.3 is 14.3 Å². The first kappa shape index (κ1) is 13.4. The van der Waals surface area contributed by atoms with Gasteiger partial charge in [-0.25, -0.2) is 4.79 Å². The van der Waals surface area contributed by atoms with Crippen molar-refractivity contribution >= 4 is 33.6 Å². The van der Waals surface area contributed by atoms with Crippen LogP contribution >= 0.6 is 0 Å². The molecule has 0 unspecified atom stereocenters. The summed E-state index contributed by atoms with van der Waals surface area (Å²) >= 11 is 0. The fraction of sp³-hybridized carbons (Fsp3) is 0.0588. The summed E-state index contributed by atoms with van der Waals surface area (Å²) in [6.07, 6.45) is 1.95. The number of fused-ring (bicyclic) bond motifs is 2. The topological polar surface area (TPSA) is 80.0 Å². The van der Waals surface area contributed by atoms with Crippen molar-refractivity contribution in [2.24, 2.45) is 7.05 Å². The van der Waals surface area contributed by atoms with E-state index in [4.69, 9.17) is 4.42 Å². The summed E-state index contributed by atoms with van der Waals surface area (Å²) in [5.74, 6) is -0.733. The fourth-order valence-electron chi connectivity index (χ4n) is 2.63. The molecule has 6 heteroatoms. The number of rotatable bonds is 2. The number of aryl methyl sites for hydroxylation is 1. The van der Waals surface area contributed by atoms with E-state index in [0.717, 1.165) is 10.9 Å². The molecule has 0 aliphatic heterocycles. The van der Waals surface area contributed by atoms with Gasteiger partial charge in [0.15, 0.2) is 5.58 Å². The highest BCUT2D eigenvalue weighted by molar-refractivity contribution is 6.06. The van der Waals surface area contributed by atoms with E-state index in [2.05, 4.69) is 10.3 Å². The number of carbonyl (C=O) groups is 1. The van der Waals surface area contributed by atoms with Crippen molar-refractivity contribution in [1.82, 2.24) is 9.55 Å². The van der Waals surface area contributed by atoms with Crippen LogP contribution in [0.4, 0.5) is 5.69 Å². The number of amides is 1. The van der Waals surface area contributed by atoms with Crippen molar-refractivity contribution in [2.75, 3.05) is 5.32 Å². The molecule has 0 aliphatic carbocycles. The minimum atomic E-state index is -0.516. The third kappa shape index (κ3) is 2.30. The van der Waals surface area contributed by atoms with Crippen LogP contribution in [-0.2, 0) is 7.05 Å². The first-order valence-corrected chi connectivity index (χ1v) is 7.09. The van der Waals surface area contributed by atoms with Crippen LogP contribution in [0.3, 0.4) is 0 Å². The second kappa shape index (κ2) is 4.88. The molecule has 23 heavy (non-hydrogen) atoms. The van der Waals surface area contributed by atoms with Gasteiger partial charge in [0.05, 0.1) is 5.52 Å². The Morgan fingerprint density at radius 1 is 1.17 bits per heavy atom. The van der Waals surface area contributed by atoms with E-state index in [1.165, 1.54) is 0 Å². The molecule has 114 valence electrons. The lowest BCUT2D eigenvalue weighted by Gasteiger charge is -2.06. The van der Waals surface area contributed by atoms with Crippen LogP contribution in [0.5, 0.6) is 0 Å². The number of aromatic amines is 1. The average Bonchev–Trinajstić information content (AvgIpc) is 3.09. The summed E-state index contributed by atoms with van der Waals surface area (Å²) in [5, 5.41) is 3.89. The zero-order valence-corrected chi connectivity index (χ0v) is 12.3. The molecule has 0 atom stereocenters. The second-order valence-electron chi connectivity index (χ2n) is 5.38. The Morgan fingerprint density at radius 3 is 2.91 bits per heavy atom. The van der Waals surface area contributed by atoms with Gasteiger partial charge in [-0.05, 0) is 35.7 Å². The van der Waals surface area contributed by atoms with Gasteiger partial charge in [0, 0.05) is 36.1 Å². The van der Waals surface area contributed by atoms with Gasteiger partial charge in [-0.2, -0.15) is 0 Å². The molecule has 4 aromatic rings. The highest BCUT2D eigenvalue weighted by Crippen LogP contribution is 2.19. The maximum Gasteiger partial charge on any atom is 0.417 e. The van der Waals surface area contributed by atoms with E-state index in [9.17, 15) is 9.59 Å². The van der Waals surface area contributed by atoms with Gasteiger partial charge in [0.25, 0.3) is 5.91 Å². The Labute approximate surface area is 130 Å². The minimum absolute atomic E-state index is 0.217. The number of benzene rings is 2. The zero-order chi connectivity index (χ0) is 16.0. The highest BCUT2D eigenvalue weighted by atomic mass is 16.4. The molecule has 2 N–H and O–H groups in total. The van der Waals surface area contributed by atoms with E-state index in [-0.39, 0.29) is 5.91 Å². The summed E-state index contributed by atoms with van der Waals surface area (Å²) in [6, 6.07) is 12.6. The van der Waals surface area contributed by atoms with Crippen LogP contribution in [-0.4, -0.2) is 15.5 Å². The van der Waals surface area contributed by atoms with Gasteiger partial charge in [-0.15, -0.1) is 0 Å². The zero-order valence-electron chi connectivity index (χ0n) is 12.3. The standard InChI is InChI=1S/C17H13N3O3/c1-20-7-6-10-2-3-11(8-14(10)20)16(21)18-12-4-5-13-15(9-12)23-17(22)19-13/h2-9H,1H3,(H,18,21)(H,19,22). The molecule has 0 saturated carbocycles. The molecule has 1 amide bonds. The first-order chi connectivity index (χ1) is 11.1. The predicted octanol–water partition coefficient (Wildman–Crippen LogP) is 2.87. The molecule has 2 heterocycles. The first-order valence-electron chi connectivity index (χ1n) is 7.09. The van der Waals surface area contributed by atoms with Crippen LogP contribution < -0.4 is 11.1 Å². The Balaban J connectivity index is 1.66. The molecule has 0 aliphatic rings. The molecule has 0 spiro atoms. The van der Waals surface area contributed by atoms with Gasteiger partial charge >= 0.3 is 5.76 Å². The Kier molecular flexibility index (Phi) is 2.84. The largest absolute Gasteiger partial charge is 0.417 e. The number of H-pyrrole nitrogens is 1. The quantitative estimate of drug-likeness (QED) is 0.597. The molecule has 6 nitrogen and oxygen atoms in total. The van der Waals surface area contributed by atoms with Gasteiger partial charge in [-0.1, -0.05) is 6.07 Å². The number of aromatic nitrogens is 2. The summed E-state index contributed by atoms with van der Waals surface area (Å²) in [7, 11) is 1.94. The highest BCUT2D eigenvalue weighted by Gasteiger charge is 2.10. The molecular weight excluding hydrogens is 294 g/mol. The number of hydrogen-bond donors (Lipinski definition) is 2. The summed E-state index contributed by atoms with van der Waals surface area (Å²) < 4.78 is 6.96. The fourth-order valence-corrected chi connectivity index (χ4v) is 2.63. The number of anilines is 1. The van der Waals surface area contributed by atoms with Gasteiger partial charge in [0.1, 0.15) is 0 Å². The average molecular weight is 307 g/mol. The molecule has 0 radical (unpaired) electrons. The molecule has 2 aromatic carbocycles. The number of nitrogens with one attached hydrogen (secondary N) is 2. The summed E-state index contributed by atoms with van der Waals surface area (Å²) in [6.45, 7) is 0. The molecule has 0 fully saturated rings. The third-order valence-corrected chi connectivity index (χ3v) is 3.83. The summed E-state index contributed by atoms with van der Waals surface area (Å²) in [4.78, 5) is 26.1. The Bertz CT molecular complexity index is 1100. The third-order valence-electron chi connectivity index (χ3n) is 3.83. The molecule has 0 bridgehead atoms. The van der Waals surface area contributed by atoms with Crippen molar-refractivity contribution in [1.29, 1.82) is 0 Å². The second-order valence-corrected chi connectivity index (χ2v) is 5.38. The monoisotopic (exact) mass is 307 g/mol. The van der Waals surface area contributed by atoms with E-state index < -0.39 is 5.76 Å². The van der Waals surface area contributed by atoms with Crippen LogP contribution in [0.2, 0.25) is 0 Å². The van der Waals surface area contributed by atoms with Crippen molar-refractivity contribution in [3.05, 3.63) is 64.8 Å². The molecular formula is C17H13N3O3. The molecule has 0 saturated heterocycles. The van der Waals surface area contributed by atoms with E-state index >= 15 is 0 Å². The summed E-state index contributed by atoms with van der Waals surface area (Å²) in [5.41, 5.74) is 3.13. The van der Waals surface area contributed by atoms with Gasteiger partial charge in [-0.3, -0.25) is 9.78 Å². The lowest BCUT2D eigenvalue weighted by molar-refractivity contribution is 0.102. The predicted molar refractivity (Wildman–Crippen MR) is 87.7 cm³/mol. The van der Waals surface area contributed by atoms with E-state index in [1.54, 1.807) is 24.3 Å². The molecule has 4 rings (SSSR count). The van der Waals surface area contributed by atoms with Crippen LogP contribution in [0.15, 0.2) is 57.9 Å². The number of oxazole rings is 1. The minimum Gasteiger partial charge on any atom is -0.408 e. The Morgan fingerprint density at radius 2 is 2.04 bits per heavy atom. The normalized spacial score (nSPS) is 11.2. The smallest absolute Gasteiger partial charge is 0.408 e. The lowest BCUT2D eigenvalue weighted by atomic mass is 10.1. The van der Waals surface area contributed by atoms with Crippen molar-refractivity contribution in [3.8, 4) is 0 Å². The van der Waals surface area contributed by atoms with Crippen molar-refractivity contribution in [2.45, 2.75) is 0 Å². The SMILES string of the molecule is Cn1ccc2ccc(C(=O)Nc3ccc4[nH]c(=O)oc4c3)cc21. The number of carbonyl (C=O) groups excluding carboxylic acids is 1. The molecule has 2 aromatic heterocycles.